The Morgan fingerprint density at radius 2 is 1.80 bits per heavy atom. The molecule has 0 radical (unpaired) electrons. The van der Waals surface area contributed by atoms with Gasteiger partial charge in [-0.25, -0.2) is 4.79 Å². The molecule has 2 aromatic carbocycles. The molecule has 0 saturated carbocycles. The predicted octanol–water partition coefficient (Wildman–Crippen LogP) is 3.37. The quantitative estimate of drug-likeness (QED) is 0.649. The standard InChI is InChI=1S/C22H25N3O5/c1-5-30-17-11-6-14(12-18(17)29-4)20-19(13(2)23-22(27)25-20)21(26)24-15-7-9-16(28-3)10-8-15/h6-12,20H,5H2,1-4H3,(H,24,26)(H2,23,25,27)/t20-/m0/s1. The number of hydrogen-bond acceptors (Lipinski definition) is 5. The number of rotatable bonds is 7. The molecule has 1 atom stereocenters. The van der Waals surface area contributed by atoms with Crippen LogP contribution in [0.5, 0.6) is 17.2 Å². The molecule has 0 fully saturated rings. The molecule has 30 heavy (non-hydrogen) atoms. The summed E-state index contributed by atoms with van der Waals surface area (Å²) in [5, 5.41) is 8.35. The van der Waals surface area contributed by atoms with Crippen molar-refractivity contribution in [2.24, 2.45) is 0 Å². The molecule has 0 aliphatic carbocycles. The minimum atomic E-state index is -0.651. The van der Waals surface area contributed by atoms with E-state index in [1.165, 1.54) is 0 Å². The number of anilines is 1. The molecule has 3 rings (SSSR count). The number of hydrogen-bond donors (Lipinski definition) is 3. The normalized spacial score (nSPS) is 15.7. The van der Waals surface area contributed by atoms with Gasteiger partial charge in [-0.1, -0.05) is 6.07 Å². The third kappa shape index (κ3) is 4.48. The van der Waals surface area contributed by atoms with Crippen LogP contribution in [-0.2, 0) is 4.79 Å². The highest BCUT2D eigenvalue weighted by molar-refractivity contribution is 6.06. The second kappa shape index (κ2) is 9.21. The molecule has 2 aromatic rings. The van der Waals surface area contributed by atoms with Gasteiger partial charge in [0.2, 0.25) is 0 Å². The van der Waals surface area contributed by atoms with Gasteiger partial charge in [0, 0.05) is 11.4 Å². The maximum Gasteiger partial charge on any atom is 0.319 e. The van der Waals surface area contributed by atoms with Crippen LogP contribution < -0.4 is 30.2 Å². The molecule has 0 bridgehead atoms. The Kier molecular flexibility index (Phi) is 6.46. The van der Waals surface area contributed by atoms with E-state index in [2.05, 4.69) is 16.0 Å². The van der Waals surface area contributed by atoms with Crippen molar-refractivity contribution >= 4 is 17.6 Å². The molecule has 0 spiro atoms. The summed E-state index contributed by atoms with van der Waals surface area (Å²) in [6, 6.07) is 11.3. The SMILES string of the molecule is CCOc1ccc([C@@H]2NC(=O)NC(C)=C2C(=O)Nc2ccc(OC)cc2)cc1OC. The fourth-order valence-corrected chi connectivity index (χ4v) is 3.26. The molecule has 1 heterocycles. The average Bonchev–Trinajstić information content (AvgIpc) is 2.74. The predicted molar refractivity (Wildman–Crippen MR) is 113 cm³/mol. The van der Waals surface area contributed by atoms with E-state index in [9.17, 15) is 9.59 Å². The topological polar surface area (TPSA) is 97.9 Å². The highest BCUT2D eigenvalue weighted by Gasteiger charge is 2.31. The van der Waals surface area contributed by atoms with Crippen LogP contribution in [0.2, 0.25) is 0 Å². The van der Waals surface area contributed by atoms with Crippen molar-refractivity contribution < 1.29 is 23.8 Å². The van der Waals surface area contributed by atoms with Crippen LogP contribution in [-0.4, -0.2) is 32.8 Å². The van der Waals surface area contributed by atoms with E-state index in [4.69, 9.17) is 14.2 Å². The van der Waals surface area contributed by atoms with Gasteiger partial charge in [0.05, 0.1) is 32.4 Å². The summed E-state index contributed by atoms with van der Waals surface area (Å²) in [5.41, 5.74) is 2.18. The van der Waals surface area contributed by atoms with E-state index in [1.54, 1.807) is 63.6 Å². The van der Waals surface area contributed by atoms with Crippen molar-refractivity contribution in [1.82, 2.24) is 10.6 Å². The summed E-state index contributed by atoms with van der Waals surface area (Å²) in [6.07, 6.45) is 0. The number of amides is 3. The summed E-state index contributed by atoms with van der Waals surface area (Å²) < 4.78 is 16.1. The largest absolute Gasteiger partial charge is 0.497 e. The van der Waals surface area contributed by atoms with E-state index in [1.807, 2.05) is 6.92 Å². The molecule has 0 aromatic heterocycles. The maximum absolute atomic E-state index is 13.1. The molecular weight excluding hydrogens is 386 g/mol. The lowest BCUT2D eigenvalue weighted by molar-refractivity contribution is -0.113. The number of carbonyl (C=O) groups is 2. The second-order valence-corrected chi connectivity index (χ2v) is 6.60. The Hall–Kier alpha value is -3.68. The fourth-order valence-electron chi connectivity index (χ4n) is 3.26. The average molecular weight is 411 g/mol. The minimum Gasteiger partial charge on any atom is -0.497 e. The first-order valence-corrected chi connectivity index (χ1v) is 9.51. The molecular formula is C22H25N3O5. The van der Waals surface area contributed by atoms with Crippen LogP contribution >= 0.6 is 0 Å². The van der Waals surface area contributed by atoms with E-state index >= 15 is 0 Å². The minimum absolute atomic E-state index is 0.331. The van der Waals surface area contributed by atoms with E-state index in [0.29, 0.717) is 46.4 Å². The molecule has 1 aliphatic rings. The first kappa shape index (κ1) is 21.0. The van der Waals surface area contributed by atoms with Crippen molar-refractivity contribution in [2.45, 2.75) is 19.9 Å². The van der Waals surface area contributed by atoms with Crippen LogP contribution in [0.15, 0.2) is 53.7 Å². The van der Waals surface area contributed by atoms with Crippen LogP contribution in [0, 0.1) is 0 Å². The van der Waals surface area contributed by atoms with E-state index in [-0.39, 0.29) is 11.9 Å². The Labute approximate surface area is 175 Å². The van der Waals surface area contributed by atoms with Crippen LogP contribution in [0.1, 0.15) is 25.5 Å². The summed E-state index contributed by atoms with van der Waals surface area (Å²) >= 11 is 0. The molecule has 3 amide bonds. The van der Waals surface area contributed by atoms with Gasteiger partial charge >= 0.3 is 6.03 Å². The van der Waals surface area contributed by atoms with Gasteiger partial charge in [-0.15, -0.1) is 0 Å². The highest BCUT2D eigenvalue weighted by Crippen LogP contribution is 2.34. The van der Waals surface area contributed by atoms with E-state index < -0.39 is 6.04 Å². The van der Waals surface area contributed by atoms with Gasteiger partial charge in [-0.3, -0.25) is 4.79 Å². The first-order chi connectivity index (χ1) is 14.5. The number of urea groups is 1. The third-order valence-corrected chi connectivity index (χ3v) is 4.68. The lowest BCUT2D eigenvalue weighted by Crippen LogP contribution is -2.45. The van der Waals surface area contributed by atoms with Crippen molar-refractivity contribution in [3.8, 4) is 17.2 Å². The summed E-state index contributed by atoms with van der Waals surface area (Å²) in [4.78, 5) is 25.2. The fraction of sp³-hybridized carbons (Fsp3) is 0.273. The van der Waals surface area contributed by atoms with Crippen molar-refractivity contribution in [3.63, 3.8) is 0 Å². The van der Waals surface area contributed by atoms with E-state index in [0.717, 1.165) is 0 Å². The van der Waals surface area contributed by atoms with Gasteiger partial charge in [0.1, 0.15) is 5.75 Å². The molecule has 0 saturated heterocycles. The van der Waals surface area contributed by atoms with Crippen molar-refractivity contribution in [3.05, 3.63) is 59.3 Å². The number of carbonyl (C=O) groups excluding carboxylic acids is 2. The Morgan fingerprint density at radius 3 is 2.43 bits per heavy atom. The van der Waals surface area contributed by atoms with Crippen LogP contribution in [0.4, 0.5) is 10.5 Å². The zero-order chi connectivity index (χ0) is 21.7. The number of nitrogens with one attached hydrogen (secondary N) is 3. The number of ether oxygens (including phenoxy) is 3. The maximum atomic E-state index is 13.1. The number of benzene rings is 2. The smallest absolute Gasteiger partial charge is 0.319 e. The molecule has 8 heteroatoms. The van der Waals surface area contributed by atoms with Crippen molar-refractivity contribution in [1.29, 1.82) is 0 Å². The van der Waals surface area contributed by atoms with Gasteiger partial charge in [-0.2, -0.15) is 0 Å². The Morgan fingerprint density at radius 1 is 1.07 bits per heavy atom. The van der Waals surface area contributed by atoms with Gasteiger partial charge in [0.25, 0.3) is 5.91 Å². The monoisotopic (exact) mass is 411 g/mol. The number of allylic oxidation sites excluding steroid dienone is 1. The summed E-state index contributed by atoms with van der Waals surface area (Å²) in [6.45, 7) is 4.07. The van der Waals surface area contributed by atoms with Crippen molar-refractivity contribution in [2.75, 3.05) is 26.1 Å². The van der Waals surface area contributed by atoms with Crippen LogP contribution in [0.3, 0.4) is 0 Å². The van der Waals surface area contributed by atoms with Crippen LogP contribution in [0.25, 0.3) is 0 Å². The third-order valence-electron chi connectivity index (χ3n) is 4.68. The Bertz CT molecular complexity index is 969. The second-order valence-electron chi connectivity index (χ2n) is 6.60. The molecule has 0 unspecified atom stereocenters. The number of methoxy groups -OCH3 is 2. The van der Waals surface area contributed by atoms with Gasteiger partial charge < -0.3 is 30.2 Å². The summed E-state index contributed by atoms with van der Waals surface area (Å²) in [5.74, 6) is 1.47. The molecule has 1 aliphatic heterocycles. The lowest BCUT2D eigenvalue weighted by Gasteiger charge is -2.29. The molecule has 8 nitrogen and oxygen atoms in total. The van der Waals surface area contributed by atoms with Gasteiger partial charge in [-0.05, 0) is 55.8 Å². The Balaban J connectivity index is 1.93. The molecule has 3 N–H and O–H groups in total. The highest BCUT2D eigenvalue weighted by atomic mass is 16.5. The lowest BCUT2D eigenvalue weighted by atomic mass is 9.94. The summed E-state index contributed by atoms with van der Waals surface area (Å²) in [7, 11) is 3.12. The molecule has 158 valence electrons. The zero-order valence-electron chi connectivity index (χ0n) is 17.4. The van der Waals surface area contributed by atoms with Gasteiger partial charge in [0.15, 0.2) is 11.5 Å². The zero-order valence-corrected chi connectivity index (χ0v) is 17.4. The first-order valence-electron chi connectivity index (χ1n) is 9.51.